The fourth-order valence-corrected chi connectivity index (χ4v) is 3.97. The lowest BCUT2D eigenvalue weighted by Crippen LogP contribution is -2.42. The number of aromatic amines is 1. The second-order valence-electron chi connectivity index (χ2n) is 7.46. The topological polar surface area (TPSA) is 83.1 Å². The third kappa shape index (κ3) is 4.30. The molecular weight excluding hydrogens is 378 g/mol. The Bertz CT molecular complexity index is 1010. The van der Waals surface area contributed by atoms with E-state index in [9.17, 15) is 4.79 Å². The van der Waals surface area contributed by atoms with E-state index >= 15 is 0 Å². The van der Waals surface area contributed by atoms with E-state index < -0.39 is 0 Å². The number of carbonyl (C=O) groups is 1. The molecule has 1 amide bonds. The first-order valence-electron chi connectivity index (χ1n) is 10.3. The third-order valence-corrected chi connectivity index (χ3v) is 5.53. The summed E-state index contributed by atoms with van der Waals surface area (Å²) in [5.74, 6) is 0.0588. The first-order chi connectivity index (χ1) is 14.7. The molecular formula is C23H27N5O2. The Hall–Kier alpha value is -3.35. The number of fused-ring (bicyclic) bond motifs is 1. The second-order valence-corrected chi connectivity index (χ2v) is 7.46. The summed E-state index contributed by atoms with van der Waals surface area (Å²) < 4.78 is 5.00. The van der Waals surface area contributed by atoms with Crippen molar-refractivity contribution in [1.82, 2.24) is 25.2 Å². The number of hydrogen-bond acceptors (Lipinski definition) is 5. The largest absolute Gasteiger partial charge is 0.467 e. The monoisotopic (exact) mass is 405 g/mol. The first-order valence-corrected chi connectivity index (χ1v) is 10.3. The molecule has 0 fully saturated rings. The highest BCUT2D eigenvalue weighted by Gasteiger charge is 2.27. The van der Waals surface area contributed by atoms with Crippen LogP contribution in [0.5, 0.6) is 6.01 Å². The lowest BCUT2D eigenvalue weighted by atomic mass is 9.97. The van der Waals surface area contributed by atoms with E-state index in [1.165, 1.54) is 0 Å². The van der Waals surface area contributed by atoms with Crippen molar-refractivity contribution < 1.29 is 9.53 Å². The molecule has 0 spiro atoms. The molecule has 0 saturated carbocycles. The summed E-state index contributed by atoms with van der Waals surface area (Å²) in [4.78, 5) is 26.8. The van der Waals surface area contributed by atoms with E-state index in [-0.39, 0.29) is 11.9 Å². The number of aromatic nitrogens is 3. The van der Waals surface area contributed by atoms with Gasteiger partial charge in [-0.25, -0.2) is 9.97 Å². The SMILES string of the molecule is CCN(C(=O)c1cc2ccccc2[nH]1)C1CCC=C(NCc2cnc(OC)nc2)C1. The van der Waals surface area contributed by atoms with Crippen LogP contribution in [-0.4, -0.2) is 45.5 Å². The molecule has 7 nitrogen and oxygen atoms in total. The van der Waals surface area contributed by atoms with Crippen molar-refractivity contribution in [2.24, 2.45) is 0 Å². The van der Waals surface area contributed by atoms with Crippen molar-refractivity contribution in [1.29, 1.82) is 0 Å². The highest BCUT2D eigenvalue weighted by atomic mass is 16.5. The predicted octanol–water partition coefficient (Wildman–Crippen LogP) is 3.65. The summed E-state index contributed by atoms with van der Waals surface area (Å²) in [6.45, 7) is 3.36. The zero-order valence-electron chi connectivity index (χ0n) is 17.4. The van der Waals surface area contributed by atoms with Crippen LogP contribution in [0.2, 0.25) is 0 Å². The Morgan fingerprint density at radius 3 is 2.83 bits per heavy atom. The molecule has 2 aromatic heterocycles. The Morgan fingerprint density at radius 2 is 2.10 bits per heavy atom. The lowest BCUT2D eigenvalue weighted by Gasteiger charge is -2.33. The van der Waals surface area contributed by atoms with Gasteiger partial charge < -0.3 is 19.9 Å². The molecule has 1 unspecified atom stereocenters. The Balaban J connectivity index is 1.41. The van der Waals surface area contributed by atoms with Gasteiger partial charge in [0.1, 0.15) is 5.69 Å². The van der Waals surface area contributed by atoms with Gasteiger partial charge >= 0.3 is 6.01 Å². The van der Waals surface area contributed by atoms with Crippen LogP contribution in [0.4, 0.5) is 0 Å². The fourth-order valence-electron chi connectivity index (χ4n) is 3.97. The quantitative estimate of drug-likeness (QED) is 0.627. The average molecular weight is 406 g/mol. The van der Waals surface area contributed by atoms with Gasteiger partial charge in [-0.2, -0.15) is 0 Å². The molecule has 4 rings (SSSR count). The van der Waals surface area contributed by atoms with Gasteiger partial charge in [0, 0.05) is 60.1 Å². The van der Waals surface area contributed by atoms with Gasteiger partial charge in [0.25, 0.3) is 5.91 Å². The first kappa shape index (κ1) is 19.9. The van der Waals surface area contributed by atoms with Gasteiger partial charge in [0.15, 0.2) is 0 Å². The number of amides is 1. The minimum Gasteiger partial charge on any atom is -0.467 e. The minimum absolute atomic E-state index is 0.0588. The molecule has 0 radical (unpaired) electrons. The summed E-state index contributed by atoms with van der Waals surface area (Å²) >= 11 is 0. The van der Waals surface area contributed by atoms with Crippen LogP contribution in [0.1, 0.15) is 42.2 Å². The van der Waals surface area contributed by atoms with Crippen molar-refractivity contribution in [3.63, 3.8) is 0 Å². The molecule has 0 aliphatic heterocycles. The molecule has 156 valence electrons. The van der Waals surface area contributed by atoms with Gasteiger partial charge in [0.05, 0.1) is 7.11 Å². The summed E-state index contributed by atoms with van der Waals surface area (Å²) in [6, 6.07) is 10.5. The van der Waals surface area contributed by atoms with Gasteiger partial charge in [0.2, 0.25) is 0 Å². The fraction of sp³-hybridized carbons (Fsp3) is 0.348. The molecule has 0 saturated heterocycles. The lowest BCUT2D eigenvalue weighted by molar-refractivity contribution is 0.0669. The molecule has 2 heterocycles. The third-order valence-electron chi connectivity index (χ3n) is 5.53. The maximum atomic E-state index is 13.2. The molecule has 2 N–H and O–H groups in total. The summed E-state index contributed by atoms with van der Waals surface area (Å²) in [7, 11) is 1.55. The molecule has 1 aromatic carbocycles. The van der Waals surface area contributed by atoms with Crippen LogP contribution in [0, 0.1) is 0 Å². The standard InChI is InChI=1S/C23H27N5O2/c1-3-28(22(29)21-11-17-7-4-5-10-20(17)27-21)19-9-6-8-18(12-19)24-13-16-14-25-23(30-2)26-15-16/h4-5,7-8,10-11,14-15,19,24,27H,3,6,9,12-13H2,1-2H3. The van der Waals surface area contributed by atoms with Gasteiger partial charge in [-0.1, -0.05) is 24.3 Å². The van der Waals surface area contributed by atoms with Crippen molar-refractivity contribution >= 4 is 16.8 Å². The van der Waals surface area contributed by atoms with E-state index in [1.54, 1.807) is 19.5 Å². The number of H-pyrrole nitrogens is 1. The summed E-state index contributed by atoms with van der Waals surface area (Å²) in [5, 5.41) is 4.54. The summed E-state index contributed by atoms with van der Waals surface area (Å²) in [5.41, 5.74) is 3.78. The highest BCUT2D eigenvalue weighted by Crippen LogP contribution is 2.24. The Kier molecular flexibility index (Phi) is 5.97. The number of methoxy groups -OCH3 is 1. The zero-order valence-corrected chi connectivity index (χ0v) is 17.4. The molecule has 0 bridgehead atoms. The van der Waals surface area contributed by atoms with Crippen LogP contribution < -0.4 is 10.1 Å². The summed E-state index contributed by atoms with van der Waals surface area (Å²) in [6.07, 6.45) is 8.48. The predicted molar refractivity (Wildman–Crippen MR) is 116 cm³/mol. The number of ether oxygens (including phenoxy) is 1. The maximum Gasteiger partial charge on any atom is 0.316 e. The zero-order chi connectivity index (χ0) is 20.9. The van der Waals surface area contributed by atoms with Crippen molar-refractivity contribution in [3.05, 3.63) is 65.8 Å². The van der Waals surface area contributed by atoms with Crippen LogP contribution in [0.25, 0.3) is 10.9 Å². The van der Waals surface area contributed by atoms with Crippen LogP contribution >= 0.6 is 0 Å². The average Bonchev–Trinajstić information content (AvgIpc) is 3.23. The van der Waals surface area contributed by atoms with E-state index in [4.69, 9.17) is 4.74 Å². The van der Waals surface area contributed by atoms with E-state index in [1.807, 2.05) is 42.2 Å². The van der Waals surface area contributed by atoms with E-state index in [0.717, 1.165) is 41.4 Å². The number of nitrogens with one attached hydrogen (secondary N) is 2. The van der Waals surface area contributed by atoms with Crippen molar-refractivity contribution in [2.75, 3.05) is 13.7 Å². The van der Waals surface area contributed by atoms with E-state index in [2.05, 4.69) is 26.3 Å². The van der Waals surface area contributed by atoms with Gasteiger partial charge in [-0.05, 0) is 31.9 Å². The van der Waals surface area contributed by atoms with Gasteiger partial charge in [-0.15, -0.1) is 0 Å². The number of rotatable bonds is 7. The maximum absolute atomic E-state index is 13.2. The number of carbonyl (C=O) groups excluding carboxylic acids is 1. The highest BCUT2D eigenvalue weighted by molar-refractivity contribution is 5.98. The second kappa shape index (κ2) is 8.98. The van der Waals surface area contributed by atoms with Crippen molar-refractivity contribution in [2.45, 2.75) is 38.8 Å². The van der Waals surface area contributed by atoms with Gasteiger partial charge in [-0.3, -0.25) is 4.79 Å². The molecule has 1 aliphatic carbocycles. The molecule has 30 heavy (non-hydrogen) atoms. The van der Waals surface area contributed by atoms with Crippen LogP contribution in [0.15, 0.2) is 54.5 Å². The molecule has 1 atom stereocenters. The number of allylic oxidation sites excluding steroid dienone is 1. The minimum atomic E-state index is 0.0588. The number of benzene rings is 1. The van der Waals surface area contributed by atoms with Crippen molar-refractivity contribution in [3.8, 4) is 6.01 Å². The number of para-hydroxylation sites is 1. The Labute approximate surface area is 176 Å². The number of hydrogen-bond donors (Lipinski definition) is 2. The number of nitrogens with zero attached hydrogens (tertiary/aromatic N) is 3. The van der Waals surface area contributed by atoms with Crippen LogP contribution in [-0.2, 0) is 6.54 Å². The van der Waals surface area contributed by atoms with Crippen LogP contribution in [0.3, 0.4) is 0 Å². The molecule has 3 aromatic rings. The normalized spacial score (nSPS) is 16.2. The molecule has 7 heteroatoms. The smallest absolute Gasteiger partial charge is 0.316 e. The van der Waals surface area contributed by atoms with E-state index in [0.29, 0.717) is 24.8 Å². The molecule has 1 aliphatic rings. The Morgan fingerprint density at radius 1 is 1.30 bits per heavy atom.